The summed E-state index contributed by atoms with van der Waals surface area (Å²) in [6.45, 7) is 5.90. The number of hydrogen-bond donors (Lipinski definition) is 0. The van der Waals surface area contributed by atoms with Crippen molar-refractivity contribution in [1.82, 2.24) is 0 Å². The van der Waals surface area contributed by atoms with E-state index >= 15 is 0 Å². The number of imide groups is 2. The summed E-state index contributed by atoms with van der Waals surface area (Å²) >= 11 is 2.12. The highest BCUT2D eigenvalue weighted by Crippen LogP contribution is 2.36. The van der Waals surface area contributed by atoms with Crippen LogP contribution in [-0.4, -0.2) is 31.6 Å². The lowest BCUT2D eigenvalue weighted by atomic mass is 10.0. The van der Waals surface area contributed by atoms with E-state index in [0.29, 0.717) is 35.0 Å². The van der Waals surface area contributed by atoms with Gasteiger partial charge in [-0.25, -0.2) is 14.6 Å². The van der Waals surface area contributed by atoms with Crippen molar-refractivity contribution in [2.24, 2.45) is 0 Å². The number of benzene rings is 3. The summed E-state index contributed by atoms with van der Waals surface area (Å²) in [6.07, 6.45) is 1.50. The minimum absolute atomic E-state index is 0.135. The topological polar surface area (TPSA) is 76.2 Å². The van der Waals surface area contributed by atoms with E-state index in [1.54, 1.807) is 43.5 Å². The summed E-state index contributed by atoms with van der Waals surface area (Å²) in [7, 11) is 1.55. The second kappa shape index (κ2) is 10.5. The molecule has 1 heterocycles. The number of anilines is 2. The lowest BCUT2D eigenvalue weighted by Crippen LogP contribution is -2.57. The third-order valence-electron chi connectivity index (χ3n) is 5.81. The SMILES string of the molecule is CCOc1cc(C=C2C(=O)N(c3ccccc3C)C(=O)N(c3ccccc3C)C2=O)cc(I)c1OC. The highest BCUT2D eigenvalue weighted by atomic mass is 127. The minimum atomic E-state index is -0.718. The summed E-state index contributed by atoms with van der Waals surface area (Å²) in [6, 6.07) is 17.0. The molecule has 0 bridgehead atoms. The van der Waals surface area contributed by atoms with E-state index in [-0.39, 0.29) is 5.57 Å². The van der Waals surface area contributed by atoms with Crippen LogP contribution in [0.25, 0.3) is 6.08 Å². The van der Waals surface area contributed by atoms with Gasteiger partial charge in [0, 0.05) is 0 Å². The monoisotopic (exact) mass is 596 g/mol. The standard InChI is InChI=1S/C28H25IN2O5/c1-5-36-24-16-19(15-21(29)25(24)35-4)14-20-26(32)30(22-12-8-6-10-17(22)2)28(34)31(27(20)33)23-13-9-7-11-18(23)3/h6-16H,5H2,1-4H3. The van der Waals surface area contributed by atoms with E-state index < -0.39 is 17.8 Å². The number of carbonyl (C=O) groups excluding carboxylic acids is 3. The Morgan fingerprint density at radius 1 is 0.861 bits per heavy atom. The minimum Gasteiger partial charge on any atom is -0.492 e. The molecule has 7 nitrogen and oxygen atoms in total. The molecular formula is C28H25IN2O5. The summed E-state index contributed by atoms with van der Waals surface area (Å²) < 4.78 is 11.9. The summed E-state index contributed by atoms with van der Waals surface area (Å²) in [5.74, 6) is -0.308. The number of para-hydroxylation sites is 2. The van der Waals surface area contributed by atoms with Gasteiger partial charge in [-0.2, -0.15) is 0 Å². The van der Waals surface area contributed by atoms with Gasteiger partial charge in [-0.3, -0.25) is 9.59 Å². The molecule has 0 aliphatic carbocycles. The number of ether oxygens (including phenoxy) is 2. The molecule has 0 N–H and O–H groups in total. The van der Waals surface area contributed by atoms with Crippen LogP contribution < -0.4 is 19.3 Å². The molecule has 8 heteroatoms. The number of aryl methyl sites for hydroxylation is 2. The summed E-state index contributed by atoms with van der Waals surface area (Å²) in [4.78, 5) is 43.2. The maximum Gasteiger partial charge on any atom is 0.343 e. The van der Waals surface area contributed by atoms with E-state index in [2.05, 4.69) is 22.6 Å². The Bertz CT molecular complexity index is 1330. The molecule has 4 amide bonds. The van der Waals surface area contributed by atoms with Crippen molar-refractivity contribution in [3.05, 3.63) is 86.5 Å². The van der Waals surface area contributed by atoms with Crippen LogP contribution in [0.2, 0.25) is 0 Å². The van der Waals surface area contributed by atoms with Crippen molar-refractivity contribution >= 4 is 57.9 Å². The number of carbonyl (C=O) groups is 3. The van der Waals surface area contributed by atoms with Crippen LogP contribution in [0.15, 0.2) is 66.2 Å². The van der Waals surface area contributed by atoms with Gasteiger partial charge in [-0.05, 0) is 90.4 Å². The zero-order chi connectivity index (χ0) is 26.0. The van der Waals surface area contributed by atoms with Crippen molar-refractivity contribution in [2.45, 2.75) is 20.8 Å². The van der Waals surface area contributed by atoms with Crippen molar-refractivity contribution in [2.75, 3.05) is 23.5 Å². The molecule has 1 saturated heterocycles. The molecule has 1 aliphatic heterocycles. The number of nitrogens with zero attached hydrogens (tertiary/aromatic N) is 2. The third kappa shape index (κ3) is 4.60. The molecule has 0 radical (unpaired) electrons. The van der Waals surface area contributed by atoms with Gasteiger partial charge in [0.1, 0.15) is 5.57 Å². The number of hydrogen-bond acceptors (Lipinski definition) is 5. The molecule has 36 heavy (non-hydrogen) atoms. The molecule has 0 unspecified atom stereocenters. The highest BCUT2D eigenvalue weighted by Gasteiger charge is 2.44. The first-order valence-corrected chi connectivity index (χ1v) is 12.4. The van der Waals surface area contributed by atoms with Gasteiger partial charge in [0.2, 0.25) is 0 Å². The summed E-state index contributed by atoms with van der Waals surface area (Å²) in [5, 5.41) is 0. The zero-order valence-electron chi connectivity index (χ0n) is 20.4. The maximum atomic E-state index is 13.7. The maximum absolute atomic E-state index is 13.7. The van der Waals surface area contributed by atoms with Crippen molar-refractivity contribution in [3.63, 3.8) is 0 Å². The average molecular weight is 596 g/mol. The molecule has 3 aromatic rings. The van der Waals surface area contributed by atoms with Crippen LogP contribution in [-0.2, 0) is 9.59 Å². The van der Waals surface area contributed by atoms with Gasteiger partial charge in [0.15, 0.2) is 11.5 Å². The van der Waals surface area contributed by atoms with E-state index in [9.17, 15) is 14.4 Å². The quantitative estimate of drug-likeness (QED) is 0.201. The average Bonchev–Trinajstić information content (AvgIpc) is 2.84. The highest BCUT2D eigenvalue weighted by molar-refractivity contribution is 14.1. The van der Waals surface area contributed by atoms with Crippen molar-refractivity contribution in [3.8, 4) is 11.5 Å². The summed E-state index contributed by atoms with van der Waals surface area (Å²) in [5.41, 5.74) is 2.74. The molecular weight excluding hydrogens is 571 g/mol. The molecule has 1 aliphatic rings. The second-order valence-electron chi connectivity index (χ2n) is 8.16. The lowest BCUT2D eigenvalue weighted by Gasteiger charge is -2.35. The molecule has 184 valence electrons. The van der Waals surface area contributed by atoms with Crippen molar-refractivity contribution in [1.29, 1.82) is 0 Å². The Kier molecular flexibility index (Phi) is 7.44. The molecule has 0 spiro atoms. The van der Waals surface area contributed by atoms with Gasteiger partial charge in [-0.15, -0.1) is 0 Å². The number of rotatable bonds is 6. The van der Waals surface area contributed by atoms with Crippen LogP contribution in [0.5, 0.6) is 11.5 Å². The lowest BCUT2D eigenvalue weighted by molar-refractivity contribution is -0.121. The largest absolute Gasteiger partial charge is 0.492 e. The van der Waals surface area contributed by atoms with Crippen LogP contribution in [0.4, 0.5) is 16.2 Å². The Labute approximate surface area is 223 Å². The smallest absolute Gasteiger partial charge is 0.343 e. The first-order valence-electron chi connectivity index (χ1n) is 11.3. The predicted molar refractivity (Wildman–Crippen MR) is 148 cm³/mol. The Balaban J connectivity index is 1.92. The van der Waals surface area contributed by atoms with E-state index in [4.69, 9.17) is 9.47 Å². The van der Waals surface area contributed by atoms with Gasteiger partial charge in [-0.1, -0.05) is 36.4 Å². The fraction of sp³-hybridized carbons (Fsp3) is 0.179. The number of urea groups is 1. The first kappa shape index (κ1) is 25.4. The molecule has 1 fully saturated rings. The second-order valence-corrected chi connectivity index (χ2v) is 9.32. The zero-order valence-corrected chi connectivity index (χ0v) is 22.5. The predicted octanol–water partition coefficient (Wildman–Crippen LogP) is 5.90. The van der Waals surface area contributed by atoms with E-state index in [1.165, 1.54) is 6.08 Å². The molecule has 0 saturated carbocycles. The first-order chi connectivity index (χ1) is 17.3. The number of amides is 4. The van der Waals surface area contributed by atoms with Crippen LogP contribution in [0, 0.1) is 17.4 Å². The molecule has 0 aromatic heterocycles. The van der Waals surface area contributed by atoms with E-state index in [0.717, 1.165) is 24.5 Å². The van der Waals surface area contributed by atoms with Crippen molar-refractivity contribution < 1.29 is 23.9 Å². The molecule has 0 atom stereocenters. The number of methoxy groups -OCH3 is 1. The Morgan fingerprint density at radius 3 is 1.86 bits per heavy atom. The Hall–Kier alpha value is -3.66. The molecule has 4 rings (SSSR count). The number of halogens is 1. The van der Waals surface area contributed by atoms with E-state index in [1.807, 2.05) is 45.0 Å². The fourth-order valence-electron chi connectivity index (χ4n) is 4.08. The van der Waals surface area contributed by atoms with Gasteiger partial charge in [0.25, 0.3) is 11.8 Å². The van der Waals surface area contributed by atoms with Gasteiger partial charge in [0.05, 0.1) is 28.7 Å². The normalized spacial score (nSPS) is 13.8. The van der Waals surface area contributed by atoms with Crippen LogP contribution in [0.3, 0.4) is 0 Å². The number of barbiturate groups is 1. The van der Waals surface area contributed by atoms with Gasteiger partial charge >= 0.3 is 6.03 Å². The van der Waals surface area contributed by atoms with Crippen LogP contribution >= 0.6 is 22.6 Å². The fourth-order valence-corrected chi connectivity index (χ4v) is 4.93. The van der Waals surface area contributed by atoms with Crippen LogP contribution in [0.1, 0.15) is 23.6 Å². The van der Waals surface area contributed by atoms with Gasteiger partial charge < -0.3 is 9.47 Å². The molecule has 3 aromatic carbocycles. The Morgan fingerprint density at radius 2 is 1.39 bits per heavy atom. The third-order valence-corrected chi connectivity index (χ3v) is 6.61.